The molecule has 2 aliphatic heterocycles. The highest BCUT2D eigenvalue weighted by molar-refractivity contribution is 5.91. The van der Waals surface area contributed by atoms with Gasteiger partial charge in [0.1, 0.15) is 41.5 Å². The molecule has 1 aromatic carbocycles. The first-order chi connectivity index (χ1) is 20.6. The summed E-state index contributed by atoms with van der Waals surface area (Å²) in [4.78, 5) is 46.5. The number of nitrogens with one attached hydrogen (secondary N) is 1. The fourth-order valence-electron chi connectivity index (χ4n) is 6.44. The molecule has 1 saturated carbocycles. The van der Waals surface area contributed by atoms with E-state index in [1.165, 1.54) is 12.0 Å². The Balaban J connectivity index is 1.53. The van der Waals surface area contributed by atoms with Crippen molar-refractivity contribution >= 4 is 34.9 Å². The lowest BCUT2D eigenvalue weighted by atomic mass is 9.85. The number of ether oxygens (including phenoxy) is 4. The van der Waals surface area contributed by atoms with Gasteiger partial charge >= 0.3 is 12.1 Å². The van der Waals surface area contributed by atoms with Gasteiger partial charge in [-0.05, 0) is 80.2 Å². The molecular weight excluding hydrogens is 550 g/mol. The summed E-state index contributed by atoms with van der Waals surface area (Å²) in [6, 6.07) is 5.84. The molecule has 5 atom stereocenters. The standard InChI is InChI=1S/C33H43N3O7/c1-33(2,3)29-30(37)36-19-23(18-26(36)31(38)41-5)42-28-17-21-16-22(40-4)14-15-24(21)34-25(28)12-8-6-7-10-20-11-9-13-27(20)43-32(39)35-29/h8,12,14-17,20,23,26-27,29H,6-7,9-11,13,18-19H2,1-5H3,(H,35,39)/b12-8-/t20-,23-,26+,27-,29-/m1/s1. The number of hydrogen-bond donors (Lipinski definition) is 1. The third-order valence-corrected chi connectivity index (χ3v) is 8.77. The van der Waals surface area contributed by atoms with Crippen molar-refractivity contribution in [3.05, 3.63) is 36.0 Å². The van der Waals surface area contributed by atoms with Crippen molar-refractivity contribution in [2.75, 3.05) is 20.8 Å². The number of fused-ring (bicyclic) bond motifs is 5. The molecule has 5 rings (SSSR count). The van der Waals surface area contributed by atoms with Crippen molar-refractivity contribution in [2.45, 2.75) is 90.0 Å². The molecule has 3 heterocycles. The van der Waals surface area contributed by atoms with Gasteiger partial charge in [-0.25, -0.2) is 14.6 Å². The molecule has 2 fully saturated rings. The maximum Gasteiger partial charge on any atom is 0.408 e. The highest BCUT2D eigenvalue weighted by atomic mass is 16.6. The predicted octanol–water partition coefficient (Wildman–Crippen LogP) is 5.27. The van der Waals surface area contributed by atoms with E-state index < -0.39 is 35.7 Å². The first-order valence-electron chi connectivity index (χ1n) is 15.2. The summed E-state index contributed by atoms with van der Waals surface area (Å²) >= 11 is 0. The molecule has 1 saturated heterocycles. The van der Waals surface area contributed by atoms with E-state index in [9.17, 15) is 14.4 Å². The average molecular weight is 594 g/mol. The van der Waals surface area contributed by atoms with Gasteiger partial charge < -0.3 is 29.2 Å². The van der Waals surface area contributed by atoms with Crippen LogP contribution in [-0.4, -0.2) is 72.9 Å². The summed E-state index contributed by atoms with van der Waals surface area (Å²) in [5, 5.41) is 3.71. The molecule has 2 bridgehead atoms. The fourth-order valence-corrected chi connectivity index (χ4v) is 6.44. The van der Waals surface area contributed by atoms with Crippen LogP contribution in [0.15, 0.2) is 30.3 Å². The molecule has 10 heteroatoms. The molecule has 43 heavy (non-hydrogen) atoms. The number of pyridine rings is 1. The average Bonchev–Trinajstić information content (AvgIpc) is 3.60. The third-order valence-electron chi connectivity index (χ3n) is 8.77. The van der Waals surface area contributed by atoms with Gasteiger partial charge in [0.25, 0.3) is 0 Å². The highest BCUT2D eigenvalue weighted by Gasteiger charge is 2.46. The Kier molecular flexibility index (Phi) is 9.13. The van der Waals surface area contributed by atoms with E-state index in [4.69, 9.17) is 23.9 Å². The lowest BCUT2D eigenvalue weighted by molar-refractivity contribution is -0.152. The number of benzene rings is 1. The van der Waals surface area contributed by atoms with E-state index in [1.807, 2.05) is 51.1 Å². The highest BCUT2D eigenvalue weighted by Crippen LogP contribution is 2.35. The van der Waals surface area contributed by atoms with Crippen LogP contribution in [0.1, 0.15) is 71.4 Å². The second kappa shape index (κ2) is 12.8. The van der Waals surface area contributed by atoms with Crippen LogP contribution in [0.2, 0.25) is 0 Å². The Morgan fingerprint density at radius 2 is 1.86 bits per heavy atom. The summed E-state index contributed by atoms with van der Waals surface area (Å²) in [7, 11) is 2.92. The van der Waals surface area contributed by atoms with Crippen LogP contribution < -0.4 is 14.8 Å². The van der Waals surface area contributed by atoms with Gasteiger partial charge in [0.05, 0.1) is 26.3 Å². The SMILES string of the molecule is COC(=O)[C@@H]1C[C@@H]2CN1C(=O)[C@H](C(C)(C)C)NC(=O)O[C@@H]1CCC[C@H]1CCC/C=C\c1nc3ccc(OC)cc3cc1O2. The van der Waals surface area contributed by atoms with Gasteiger partial charge in [0, 0.05) is 11.8 Å². The minimum Gasteiger partial charge on any atom is -0.497 e. The molecule has 1 N–H and O–H groups in total. The van der Waals surface area contributed by atoms with Gasteiger partial charge in [-0.3, -0.25) is 4.79 Å². The second-order valence-electron chi connectivity index (χ2n) is 12.8. The van der Waals surface area contributed by atoms with Crippen molar-refractivity contribution < 1.29 is 33.3 Å². The van der Waals surface area contributed by atoms with Crippen molar-refractivity contribution in [3.63, 3.8) is 0 Å². The Labute approximate surface area is 253 Å². The molecular formula is C33H43N3O7. The lowest BCUT2D eigenvalue weighted by Crippen LogP contribution is -2.57. The molecule has 0 radical (unpaired) electrons. The van der Waals surface area contributed by atoms with E-state index in [0.29, 0.717) is 17.2 Å². The van der Waals surface area contributed by atoms with Crippen LogP contribution in [0.25, 0.3) is 17.0 Å². The smallest absolute Gasteiger partial charge is 0.408 e. The number of aromatic nitrogens is 1. The zero-order valence-electron chi connectivity index (χ0n) is 25.8. The van der Waals surface area contributed by atoms with Gasteiger partial charge in [0.2, 0.25) is 5.91 Å². The molecule has 2 aromatic rings. The van der Waals surface area contributed by atoms with E-state index in [2.05, 4.69) is 11.4 Å². The van der Waals surface area contributed by atoms with Crippen LogP contribution in [-0.2, 0) is 19.1 Å². The Morgan fingerprint density at radius 1 is 1.07 bits per heavy atom. The van der Waals surface area contributed by atoms with E-state index in [1.54, 1.807) is 7.11 Å². The second-order valence-corrected chi connectivity index (χ2v) is 12.8. The number of carbonyl (C=O) groups is 3. The first kappa shape index (κ1) is 30.6. The van der Waals surface area contributed by atoms with Crippen LogP contribution in [0, 0.1) is 11.3 Å². The molecule has 232 valence electrons. The minimum absolute atomic E-state index is 0.145. The van der Waals surface area contributed by atoms with Crippen LogP contribution >= 0.6 is 0 Å². The largest absolute Gasteiger partial charge is 0.497 e. The molecule has 3 aliphatic rings. The van der Waals surface area contributed by atoms with Gasteiger partial charge in [-0.1, -0.05) is 26.8 Å². The zero-order chi connectivity index (χ0) is 30.7. The normalized spacial score (nSPS) is 27.6. The van der Waals surface area contributed by atoms with Crippen molar-refractivity contribution in [3.8, 4) is 11.5 Å². The summed E-state index contributed by atoms with van der Waals surface area (Å²) in [5.74, 6) is 0.633. The van der Waals surface area contributed by atoms with E-state index >= 15 is 0 Å². The molecule has 2 amide bonds. The number of carbonyl (C=O) groups excluding carboxylic acids is 3. The number of methoxy groups -OCH3 is 2. The molecule has 0 spiro atoms. The topological polar surface area (TPSA) is 116 Å². The number of hydrogen-bond acceptors (Lipinski definition) is 8. The molecule has 1 aliphatic carbocycles. The van der Waals surface area contributed by atoms with Gasteiger partial charge in [-0.2, -0.15) is 0 Å². The number of rotatable bonds is 2. The van der Waals surface area contributed by atoms with Crippen molar-refractivity contribution in [2.24, 2.45) is 11.3 Å². The Morgan fingerprint density at radius 3 is 2.60 bits per heavy atom. The number of esters is 1. The fraction of sp³-hybridized carbons (Fsp3) is 0.576. The number of amides is 2. The molecule has 1 aromatic heterocycles. The van der Waals surface area contributed by atoms with Crippen LogP contribution in [0.3, 0.4) is 0 Å². The zero-order valence-corrected chi connectivity index (χ0v) is 25.8. The number of allylic oxidation sites excluding steroid dienone is 1. The quantitative estimate of drug-likeness (QED) is 0.468. The maximum atomic E-state index is 14.1. The van der Waals surface area contributed by atoms with E-state index in [0.717, 1.165) is 49.4 Å². The molecule has 0 unspecified atom stereocenters. The first-order valence-corrected chi connectivity index (χ1v) is 15.2. The lowest BCUT2D eigenvalue weighted by Gasteiger charge is -2.35. The number of nitrogens with zero attached hydrogens (tertiary/aromatic N) is 2. The Bertz CT molecular complexity index is 1380. The van der Waals surface area contributed by atoms with Gasteiger partial charge in [-0.15, -0.1) is 0 Å². The minimum atomic E-state index is -0.919. The number of alkyl carbamates (subject to hydrolysis) is 1. The van der Waals surface area contributed by atoms with Crippen molar-refractivity contribution in [1.29, 1.82) is 0 Å². The summed E-state index contributed by atoms with van der Waals surface area (Å²) in [6.45, 7) is 5.78. The molecule has 10 nitrogen and oxygen atoms in total. The third kappa shape index (κ3) is 6.89. The maximum absolute atomic E-state index is 14.1. The summed E-state index contributed by atoms with van der Waals surface area (Å²) in [6.07, 6.45) is 8.58. The van der Waals surface area contributed by atoms with E-state index in [-0.39, 0.29) is 30.9 Å². The monoisotopic (exact) mass is 593 g/mol. The van der Waals surface area contributed by atoms with Crippen LogP contribution in [0.4, 0.5) is 4.79 Å². The summed E-state index contributed by atoms with van der Waals surface area (Å²) in [5.41, 5.74) is 0.839. The van der Waals surface area contributed by atoms with Crippen LogP contribution in [0.5, 0.6) is 11.5 Å². The van der Waals surface area contributed by atoms with Crippen molar-refractivity contribution in [1.82, 2.24) is 15.2 Å². The summed E-state index contributed by atoms with van der Waals surface area (Å²) < 4.78 is 22.9. The predicted molar refractivity (Wildman–Crippen MR) is 162 cm³/mol. The van der Waals surface area contributed by atoms with Gasteiger partial charge in [0.15, 0.2) is 0 Å². The Hall–Kier alpha value is -3.82.